The van der Waals surface area contributed by atoms with E-state index >= 15 is 0 Å². The third-order valence-corrected chi connectivity index (χ3v) is 23.4. The predicted octanol–water partition coefficient (Wildman–Crippen LogP) is 8.20. The van der Waals surface area contributed by atoms with Crippen LogP contribution in [0.4, 0.5) is 0 Å². The molecule has 28 heavy (non-hydrogen) atoms. The fourth-order valence-electron chi connectivity index (χ4n) is 3.18. The lowest BCUT2D eigenvalue weighted by molar-refractivity contribution is 0.328. The Labute approximate surface area is 195 Å². The van der Waals surface area contributed by atoms with Gasteiger partial charge in [0.15, 0.2) is 18.1 Å². The second-order valence-corrected chi connectivity index (χ2v) is 21.7. The maximum Gasteiger partial charge on any atom is 0.193 e. The minimum Gasteiger partial charge on any atom is -0.419 e. The van der Waals surface area contributed by atoms with E-state index in [2.05, 4.69) is 77.0 Å². The third kappa shape index (κ3) is 10.9. The number of rotatable bonds is 19. The summed E-state index contributed by atoms with van der Waals surface area (Å²) >= 11 is 0. The first-order valence-corrected chi connectivity index (χ1v) is 19.8. The van der Waals surface area contributed by atoms with Crippen molar-refractivity contribution in [3.8, 4) is 0 Å². The van der Waals surface area contributed by atoms with Gasteiger partial charge in [0.25, 0.3) is 0 Å². The summed E-state index contributed by atoms with van der Waals surface area (Å²) in [5.74, 6) is 0. The molecule has 0 N–H and O–H groups in total. The van der Waals surface area contributed by atoms with E-state index in [1.165, 1.54) is 50.6 Å². The zero-order valence-corrected chi connectivity index (χ0v) is 25.3. The number of hydrogen-bond donors (Lipinski definition) is 0. The van der Waals surface area contributed by atoms with E-state index in [1.54, 1.807) is 0 Å². The van der Waals surface area contributed by atoms with Crippen molar-refractivity contribution in [2.24, 2.45) is 0 Å². The Morgan fingerprint density at radius 3 is 1.25 bits per heavy atom. The topological polar surface area (TPSA) is 18.5 Å². The van der Waals surface area contributed by atoms with Crippen LogP contribution in [0.25, 0.3) is 0 Å². The Morgan fingerprint density at radius 1 is 0.643 bits per heavy atom. The minimum absolute atomic E-state index is 0.310. The fourth-order valence-corrected chi connectivity index (χ4v) is 21.9. The van der Waals surface area contributed by atoms with Crippen LogP contribution >= 0.6 is 41.2 Å². The van der Waals surface area contributed by atoms with Crippen molar-refractivity contribution in [1.82, 2.24) is 0 Å². The van der Waals surface area contributed by atoms with E-state index in [-0.39, 0.29) is 0 Å². The molecule has 4 atom stereocenters. The van der Waals surface area contributed by atoms with Crippen LogP contribution in [0.2, 0.25) is 12.1 Å². The van der Waals surface area contributed by atoms with Gasteiger partial charge in [-0.25, -0.2) is 0 Å². The highest BCUT2D eigenvalue weighted by Crippen LogP contribution is 2.55. The van der Waals surface area contributed by atoms with Crippen LogP contribution in [0.3, 0.4) is 0 Å². The quantitative estimate of drug-likeness (QED) is 0.0999. The molecule has 4 unspecified atom stereocenters. The first kappa shape index (κ1) is 29.8. The van der Waals surface area contributed by atoms with Gasteiger partial charge in [-0.1, -0.05) is 88.8 Å². The molecule has 8 heteroatoms. The summed E-state index contributed by atoms with van der Waals surface area (Å²) in [6.45, 7) is 20.2. The van der Waals surface area contributed by atoms with Crippen molar-refractivity contribution in [1.29, 1.82) is 0 Å². The first-order valence-electron chi connectivity index (χ1n) is 11.3. The Hall–Kier alpha value is 1.75. The van der Waals surface area contributed by atoms with Gasteiger partial charge in [-0.15, -0.1) is 0 Å². The summed E-state index contributed by atoms with van der Waals surface area (Å²) < 4.78 is 13.2. The van der Waals surface area contributed by atoms with E-state index in [1.807, 2.05) is 19.7 Å². The smallest absolute Gasteiger partial charge is 0.193 e. The van der Waals surface area contributed by atoms with E-state index in [9.17, 15) is 0 Å². The molecule has 0 saturated heterocycles. The van der Waals surface area contributed by atoms with E-state index in [4.69, 9.17) is 8.85 Å². The van der Waals surface area contributed by atoms with Gasteiger partial charge in [0, 0.05) is 22.0 Å². The molecule has 0 fully saturated rings. The lowest BCUT2D eigenvalue weighted by Gasteiger charge is -2.36. The summed E-state index contributed by atoms with van der Waals surface area (Å²) in [6.07, 6.45) is 7.57. The Morgan fingerprint density at radius 2 is 1.00 bits per heavy atom. The Balaban J connectivity index is 4.80. The molecule has 0 radical (unpaired) electrons. The van der Waals surface area contributed by atoms with Crippen molar-refractivity contribution in [2.75, 3.05) is 13.2 Å². The molecule has 0 aliphatic carbocycles. The molecule has 2 nitrogen and oxygen atoms in total. The van der Waals surface area contributed by atoms with E-state index in [0.717, 1.165) is 13.2 Å². The van der Waals surface area contributed by atoms with Crippen molar-refractivity contribution in [2.45, 2.75) is 115 Å². The molecule has 0 amide bonds. The summed E-state index contributed by atoms with van der Waals surface area (Å²) in [7, 11) is 5.72. The molecule has 0 heterocycles. The molecule has 0 aliphatic heterocycles. The molecule has 0 spiro atoms. The van der Waals surface area contributed by atoms with E-state index < -0.39 is 18.1 Å². The standard InChI is InChI=1S/C20H46O2S4Si2/c1-9-15-17-27(21-13-5)19(7,11-3)23-25-26-24-20(8,12-4)28(22-14-6)18-16-10-2/h27-28H,9-18H2,1-8H3. The normalized spacial score (nSPS) is 18.4. The molecular weight excluding hydrogens is 457 g/mol. The molecule has 0 aromatic heterocycles. The Bertz CT molecular complexity index is 348. The lowest BCUT2D eigenvalue weighted by Crippen LogP contribution is -2.42. The monoisotopic (exact) mass is 502 g/mol. The zero-order valence-electron chi connectivity index (χ0n) is 19.7. The molecule has 0 bridgehead atoms. The highest BCUT2D eigenvalue weighted by Gasteiger charge is 2.38. The van der Waals surface area contributed by atoms with Crippen LogP contribution in [0, 0.1) is 0 Å². The maximum absolute atomic E-state index is 6.31. The SMILES string of the molecule is CCCC[SiH](OCC)C(C)(CC)SSSSC(C)(CC)[SiH](CCCC)OCC. The average Bonchev–Trinajstić information content (AvgIpc) is 2.71. The van der Waals surface area contributed by atoms with Crippen LogP contribution in [0.1, 0.15) is 93.9 Å². The highest BCUT2D eigenvalue weighted by atomic mass is 33.7. The van der Waals surface area contributed by atoms with Crippen molar-refractivity contribution in [3.63, 3.8) is 0 Å². The van der Waals surface area contributed by atoms with Crippen LogP contribution < -0.4 is 0 Å². The molecular formula is C20H46O2S4Si2. The minimum atomic E-state index is -1.22. The van der Waals surface area contributed by atoms with Gasteiger partial charge < -0.3 is 8.85 Å². The van der Waals surface area contributed by atoms with Crippen molar-refractivity contribution >= 4 is 59.3 Å². The molecule has 0 saturated carbocycles. The van der Waals surface area contributed by atoms with Crippen molar-refractivity contribution in [3.05, 3.63) is 0 Å². The van der Waals surface area contributed by atoms with Crippen LogP contribution in [-0.2, 0) is 8.85 Å². The molecule has 0 aromatic rings. The average molecular weight is 503 g/mol. The summed E-state index contributed by atoms with van der Waals surface area (Å²) in [6, 6.07) is 2.62. The van der Waals surface area contributed by atoms with Crippen molar-refractivity contribution < 1.29 is 8.85 Å². The highest BCUT2D eigenvalue weighted by molar-refractivity contribution is 9.26. The third-order valence-electron chi connectivity index (χ3n) is 5.62. The van der Waals surface area contributed by atoms with Gasteiger partial charge in [0.1, 0.15) is 0 Å². The summed E-state index contributed by atoms with van der Waals surface area (Å²) in [5.41, 5.74) is 0. The van der Waals surface area contributed by atoms with Gasteiger partial charge in [0.05, 0.1) is 0 Å². The molecule has 0 rings (SSSR count). The lowest BCUT2D eigenvalue weighted by atomic mass is 10.3. The van der Waals surface area contributed by atoms with Crippen LogP contribution in [0.5, 0.6) is 0 Å². The van der Waals surface area contributed by atoms with Crippen LogP contribution in [-0.4, -0.2) is 40.0 Å². The van der Waals surface area contributed by atoms with Gasteiger partial charge in [0.2, 0.25) is 0 Å². The molecule has 170 valence electrons. The maximum atomic E-state index is 6.31. The van der Waals surface area contributed by atoms with E-state index in [0.29, 0.717) is 8.74 Å². The first-order chi connectivity index (χ1) is 13.4. The second kappa shape index (κ2) is 17.3. The molecule has 0 aromatic carbocycles. The Kier molecular flexibility index (Phi) is 18.4. The summed E-state index contributed by atoms with van der Waals surface area (Å²) in [5, 5.41) is 0. The molecule has 0 aliphatic rings. The predicted molar refractivity (Wildman–Crippen MR) is 145 cm³/mol. The van der Waals surface area contributed by atoms with Gasteiger partial charge in [-0.2, -0.15) is 0 Å². The van der Waals surface area contributed by atoms with Gasteiger partial charge in [-0.05, 0) is 58.4 Å². The zero-order chi connectivity index (χ0) is 21.5. The van der Waals surface area contributed by atoms with Gasteiger partial charge >= 0.3 is 0 Å². The number of hydrogen-bond acceptors (Lipinski definition) is 6. The largest absolute Gasteiger partial charge is 0.419 e. The number of unbranched alkanes of at least 4 members (excludes halogenated alkanes) is 2. The fraction of sp³-hybridized carbons (Fsp3) is 1.00. The van der Waals surface area contributed by atoms with Crippen LogP contribution in [0.15, 0.2) is 0 Å². The second-order valence-electron chi connectivity index (χ2n) is 7.81. The summed E-state index contributed by atoms with van der Waals surface area (Å²) in [4.78, 5) is 0. The van der Waals surface area contributed by atoms with Gasteiger partial charge in [-0.3, -0.25) is 0 Å².